The van der Waals surface area contributed by atoms with Gasteiger partial charge in [0.1, 0.15) is 0 Å². The SMILES string of the molecule is CC(C)C1(C(C)C)CCC(C(=O)O)CC1. The molecule has 0 aliphatic heterocycles. The maximum absolute atomic E-state index is 10.9. The molecular weight excluding hydrogens is 188 g/mol. The van der Waals surface area contributed by atoms with Crippen molar-refractivity contribution in [1.82, 2.24) is 0 Å². The van der Waals surface area contributed by atoms with Crippen LogP contribution in [-0.2, 0) is 4.79 Å². The number of aliphatic carboxylic acids is 1. The Balaban J connectivity index is 2.70. The van der Waals surface area contributed by atoms with E-state index in [1.165, 1.54) is 0 Å². The minimum absolute atomic E-state index is 0.0874. The number of hydrogen-bond acceptors (Lipinski definition) is 1. The molecule has 1 rings (SSSR count). The number of rotatable bonds is 3. The highest BCUT2D eigenvalue weighted by molar-refractivity contribution is 5.70. The third-order valence-corrected chi connectivity index (χ3v) is 4.57. The summed E-state index contributed by atoms with van der Waals surface area (Å²) < 4.78 is 0. The van der Waals surface area contributed by atoms with E-state index in [1.54, 1.807) is 0 Å². The molecule has 1 fully saturated rings. The predicted molar refractivity (Wildman–Crippen MR) is 61.7 cm³/mol. The summed E-state index contributed by atoms with van der Waals surface area (Å²) in [6.45, 7) is 9.12. The summed E-state index contributed by atoms with van der Waals surface area (Å²) in [4.78, 5) is 10.9. The molecule has 0 aromatic rings. The topological polar surface area (TPSA) is 37.3 Å². The molecule has 2 nitrogen and oxygen atoms in total. The van der Waals surface area contributed by atoms with Crippen LogP contribution in [0.25, 0.3) is 0 Å². The average molecular weight is 212 g/mol. The van der Waals surface area contributed by atoms with Crippen LogP contribution in [0.5, 0.6) is 0 Å². The zero-order chi connectivity index (χ0) is 11.6. The van der Waals surface area contributed by atoms with E-state index in [-0.39, 0.29) is 5.92 Å². The third kappa shape index (κ3) is 2.35. The predicted octanol–water partition coefficient (Wildman–Crippen LogP) is 3.56. The van der Waals surface area contributed by atoms with Crippen LogP contribution in [-0.4, -0.2) is 11.1 Å². The number of carbonyl (C=O) groups is 1. The summed E-state index contributed by atoms with van der Waals surface area (Å²) in [5, 5.41) is 8.99. The van der Waals surface area contributed by atoms with Gasteiger partial charge in [-0.2, -0.15) is 0 Å². The first-order valence-corrected chi connectivity index (χ1v) is 6.13. The van der Waals surface area contributed by atoms with Gasteiger partial charge in [0.2, 0.25) is 0 Å². The lowest BCUT2D eigenvalue weighted by atomic mass is 9.59. The van der Waals surface area contributed by atoms with Crippen LogP contribution >= 0.6 is 0 Å². The highest BCUT2D eigenvalue weighted by atomic mass is 16.4. The van der Waals surface area contributed by atoms with Crippen molar-refractivity contribution in [2.45, 2.75) is 53.4 Å². The Morgan fingerprint density at radius 3 is 1.80 bits per heavy atom. The fraction of sp³-hybridized carbons (Fsp3) is 0.923. The summed E-state index contributed by atoms with van der Waals surface area (Å²) in [5.41, 5.74) is 0.381. The Kier molecular flexibility index (Phi) is 3.80. The molecule has 0 saturated heterocycles. The van der Waals surface area contributed by atoms with Crippen LogP contribution in [0, 0.1) is 23.2 Å². The van der Waals surface area contributed by atoms with Crippen LogP contribution in [0.4, 0.5) is 0 Å². The fourth-order valence-electron chi connectivity index (χ4n) is 3.22. The second-order valence-electron chi connectivity index (χ2n) is 5.66. The molecule has 0 aromatic carbocycles. The molecule has 0 aromatic heterocycles. The smallest absolute Gasteiger partial charge is 0.306 e. The Morgan fingerprint density at radius 1 is 1.13 bits per heavy atom. The maximum Gasteiger partial charge on any atom is 0.306 e. The zero-order valence-corrected chi connectivity index (χ0v) is 10.4. The van der Waals surface area contributed by atoms with Crippen molar-refractivity contribution in [2.24, 2.45) is 23.2 Å². The lowest BCUT2D eigenvalue weighted by Gasteiger charge is -2.46. The zero-order valence-electron chi connectivity index (χ0n) is 10.4. The van der Waals surface area contributed by atoms with E-state index in [0.717, 1.165) is 25.7 Å². The molecule has 0 radical (unpaired) electrons. The maximum atomic E-state index is 10.9. The molecule has 1 aliphatic carbocycles. The lowest BCUT2D eigenvalue weighted by molar-refractivity contribution is -0.144. The normalized spacial score (nSPS) is 22.3. The Labute approximate surface area is 93.1 Å². The first kappa shape index (κ1) is 12.5. The molecule has 0 bridgehead atoms. The summed E-state index contributed by atoms with van der Waals surface area (Å²) in [6, 6.07) is 0. The van der Waals surface area contributed by atoms with Crippen LogP contribution in [0.3, 0.4) is 0 Å². The van der Waals surface area contributed by atoms with Crippen LogP contribution in [0.1, 0.15) is 53.4 Å². The van der Waals surface area contributed by atoms with Crippen LogP contribution in [0.15, 0.2) is 0 Å². The summed E-state index contributed by atoms with van der Waals surface area (Å²) in [5.74, 6) is 0.631. The second kappa shape index (κ2) is 4.54. The molecule has 1 aliphatic rings. The molecule has 0 spiro atoms. The average Bonchev–Trinajstić information content (AvgIpc) is 2.17. The van der Waals surface area contributed by atoms with Crippen molar-refractivity contribution in [3.05, 3.63) is 0 Å². The van der Waals surface area contributed by atoms with Crippen molar-refractivity contribution >= 4 is 5.97 Å². The van der Waals surface area contributed by atoms with E-state index in [1.807, 2.05) is 0 Å². The molecule has 15 heavy (non-hydrogen) atoms. The molecule has 0 heterocycles. The van der Waals surface area contributed by atoms with Crippen molar-refractivity contribution in [1.29, 1.82) is 0 Å². The number of carboxylic acid groups (broad SMARTS) is 1. The largest absolute Gasteiger partial charge is 0.481 e. The molecule has 2 heteroatoms. The van der Waals surface area contributed by atoms with Gasteiger partial charge in [-0.1, -0.05) is 27.7 Å². The van der Waals surface area contributed by atoms with Crippen LogP contribution < -0.4 is 0 Å². The van der Waals surface area contributed by atoms with Crippen molar-refractivity contribution in [2.75, 3.05) is 0 Å². The first-order valence-electron chi connectivity index (χ1n) is 6.13. The molecule has 1 N–H and O–H groups in total. The van der Waals surface area contributed by atoms with E-state index in [4.69, 9.17) is 5.11 Å². The van der Waals surface area contributed by atoms with Gasteiger partial charge in [0.05, 0.1) is 5.92 Å². The summed E-state index contributed by atoms with van der Waals surface area (Å²) in [6.07, 6.45) is 3.90. The Hall–Kier alpha value is -0.530. The molecule has 0 amide bonds. The molecule has 0 unspecified atom stereocenters. The van der Waals surface area contributed by atoms with Crippen molar-refractivity contribution in [3.63, 3.8) is 0 Å². The van der Waals surface area contributed by atoms with Gasteiger partial charge < -0.3 is 5.11 Å². The first-order chi connectivity index (χ1) is 6.90. The summed E-state index contributed by atoms with van der Waals surface area (Å²) in [7, 11) is 0. The fourth-order valence-corrected chi connectivity index (χ4v) is 3.22. The van der Waals surface area contributed by atoms with Gasteiger partial charge >= 0.3 is 5.97 Å². The number of carboxylic acids is 1. The quantitative estimate of drug-likeness (QED) is 0.776. The van der Waals surface area contributed by atoms with Gasteiger partial charge in [-0.3, -0.25) is 4.79 Å². The standard InChI is InChI=1S/C13H24O2/c1-9(2)13(10(3)4)7-5-11(6-8-13)12(14)15/h9-11H,5-8H2,1-4H3,(H,14,15). The van der Waals surface area contributed by atoms with E-state index in [9.17, 15) is 4.79 Å². The molecular formula is C13H24O2. The van der Waals surface area contributed by atoms with Gasteiger partial charge in [0.15, 0.2) is 0 Å². The van der Waals surface area contributed by atoms with Gasteiger partial charge in [-0.15, -0.1) is 0 Å². The molecule has 1 saturated carbocycles. The highest BCUT2D eigenvalue weighted by Crippen LogP contribution is 2.49. The van der Waals surface area contributed by atoms with Gasteiger partial charge in [0, 0.05) is 0 Å². The van der Waals surface area contributed by atoms with E-state index < -0.39 is 5.97 Å². The van der Waals surface area contributed by atoms with E-state index in [0.29, 0.717) is 17.3 Å². The Morgan fingerprint density at radius 2 is 1.53 bits per heavy atom. The second-order valence-corrected chi connectivity index (χ2v) is 5.66. The monoisotopic (exact) mass is 212 g/mol. The molecule has 0 atom stereocenters. The minimum atomic E-state index is -0.601. The number of hydrogen-bond donors (Lipinski definition) is 1. The van der Waals surface area contributed by atoms with Gasteiger partial charge in [-0.25, -0.2) is 0 Å². The van der Waals surface area contributed by atoms with E-state index in [2.05, 4.69) is 27.7 Å². The van der Waals surface area contributed by atoms with Gasteiger partial charge in [-0.05, 0) is 42.9 Å². The lowest BCUT2D eigenvalue weighted by Crippen LogP contribution is -2.38. The van der Waals surface area contributed by atoms with E-state index >= 15 is 0 Å². The third-order valence-electron chi connectivity index (χ3n) is 4.57. The Bertz CT molecular complexity index is 213. The molecule has 88 valence electrons. The minimum Gasteiger partial charge on any atom is -0.481 e. The van der Waals surface area contributed by atoms with Crippen molar-refractivity contribution < 1.29 is 9.90 Å². The van der Waals surface area contributed by atoms with Crippen LogP contribution in [0.2, 0.25) is 0 Å². The highest BCUT2D eigenvalue weighted by Gasteiger charge is 2.41. The van der Waals surface area contributed by atoms with Gasteiger partial charge in [0.25, 0.3) is 0 Å². The summed E-state index contributed by atoms with van der Waals surface area (Å²) >= 11 is 0. The van der Waals surface area contributed by atoms with Crippen molar-refractivity contribution in [3.8, 4) is 0 Å².